The van der Waals surface area contributed by atoms with Gasteiger partial charge in [0.15, 0.2) is 0 Å². The van der Waals surface area contributed by atoms with Gasteiger partial charge in [0.05, 0.1) is 12.0 Å². The molecule has 68 valence electrons. The summed E-state index contributed by atoms with van der Waals surface area (Å²) in [5.41, 5.74) is -1.33. The van der Waals surface area contributed by atoms with Crippen molar-refractivity contribution < 1.29 is 4.39 Å². The lowest BCUT2D eigenvalue weighted by Crippen LogP contribution is -2.30. The van der Waals surface area contributed by atoms with Gasteiger partial charge in [-0.05, 0) is 32.6 Å². The largest absolute Gasteiger partial charge is 0.243 e. The minimum atomic E-state index is -1.33. The Bertz CT molecular complexity index is 181. The molecule has 1 saturated carbocycles. The number of hydrogen-bond acceptors (Lipinski definition) is 1. The van der Waals surface area contributed by atoms with Crippen molar-refractivity contribution in [2.24, 2.45) is 11.8 Å². The molecule has 1 unspecified atom stereocenters. The second-order valence-electron chi connectivity index (χ2n) is 4.22. The summed E-state index contributed by atoms with van der Waals surface area (Å²) in [4.78, 5) is 0. The van der Waals surface area contributed by atoms with E-state index in [0.29, 0.717) is 5.92 Å². The predicted octanol–water partition coefficient (Wildman–Crippen LogP) is 3.06. The molecular weight excluding hydrogens is 153 g/mol. The molecule has 2 heteroatoms. The maximum atomic E-state index is 13.5. The highest BCUT2D eigenvalue weighted by Crippen LogP contribution is 2.37. The third-order valence-electron chi connectivity index (χ3n) is 2.75. The summed E-state index contributed by atoms with van der Waals surface area (Å²) in [6, 6.07) is 2.11. The van der Waals surface area contributed by atoms with Crippen molar-refractivity contribution in [3.05, 3.63) is 0 Å². The van der Waals surface area contributed by atoms with Crippen LogP contribution in [0.1, 0.15) is 39.5 Å². The topological polar surface area (TPSA) is 23.8 Å². The van der Waals surface area contributed by atoms with E-state index >= 15 is 0 Å². The Morgan fingerprint density at radius 1 is 1.42 bits per heavy atom. The highest BCUT2D eigenvalue weighted by atomic mass is 19.1. The van der Waals surface area contributed by atoms with Gasteiger partial charge in [0, 0.05) is 0 Å². The fourth-order valence-corrected chi connectivity index (χ4v) is 2.11. The van der Waals surface area contributed by atoms with Crippen molar-refractivity contribution in [2.75, 3.05) is 0 Å². The van der Waals surface area contributed by atoms with Gasteiger partial charge >= 0.3 is 0 Å². The monoisotopic (exact) mass is 169 g/mol. The summed E-state index contributed by atoms with van der Waals surface area (Å²) in [6.45, 7) is 3.03. The van der Waals surface area contributed by atoms with Crippen LogP contribution in [-0.2, 0) is 0 Å². The summed E-state index contributed by atoms with van der Waals surface area (Å²) in [6.07, 6.45) is 4.40. The van der Waals surface area contributed by atoms with E-state index in [4.69, 9.17) is 5.26 Å². The number of nitrogens with zero attached hydrogens (tertiary/aromatic N) is 1. The van der Waals surface area contributed by atoms with Crippen LogP contribution in [0.15, 0.2) is 0 Å². The molecule has 0 N–H and O–H groups in total. The summed E-state index contributed by atoms with van der Waals surface area (Å²) < 4.78 is 13.5. The zero-order valence-electron chi connectivity index (χ0n) is 7.81. The van der Waals surface area contributed by atoms with Gasteiger partial charge in [0.2, 0.25) is 0 Å². The quantitative estimate of drug-likeness (QED) is 0.623. The van der Waals surface area contributed by atoms with Crippen LogP contribution in [0.5, 0.6) is 0 Å². The Labute approximate surface area is 73.6 Å². The van der Waals surface area contributed by atoms with Crippen molar-refractivity contribution in [3.63, 3.8) is 0 Å². The molecule has 0 aromatic rings. The highest BCUT2D eigenvalue weighted by molar-refractivity contribution is 4.99. The van der Waals surface area contributed by atoms with Crippen LogP contribution in [-0.4, -0.2) is 5.67 Å². The molecule has 1 rings (SSSR count). The Kier molecular flexibility index (Phi) is 2.72. The van der Waals surface area contributed by atoms with Gasteiger partial charge < -0.3 is 0 Å². The Morgan fingerprint density at radius 3 is 2.25 bits per heavy atom. The molecule has 1 fully saturated rings. The average Bonchev–Trinajstić information content (AvgIpc) is 2.38. The second kappa shape index (κ2) is 3.43. The van der Waals surface area contributed by atoms with E-state index in [1.807, 2.05) is 0 Å². The van der Waals surface area contributed by atoms with Gasteiger partial charge in [0.1, 0.15) is 5.67 Å². The summed E-state index contributed by atoms with van der Waals surface area (Å²) in [5, 5.41) is 8.83. The molecule has 0 radical (unpaired) electrons. The molecule has 1 aliphatic rings. The molecule has 0 bridgehead atoms. The van der Waals surface area contributed by atoms with Gasteiger partial charge in [-0.3, -0.25) is 0 Å². The lowest BCUT2D eigenvalue weighted by Gasteiger charge is -2.25. The van der Waals surface area contributed by atoms with E-state index in [9.17, 15) is 4.39 Å². The third kappa shape index (κ3) is 1.97. The lowest BCUT2D eigenvalue weighted by atomic mass is 9.81. The molecule has 1 atom stereocenters. The average molecular weight is 169 g/mol. The smallest absolute Gasteiger partial charge is 0.121 e. The molecule has 0 aliphatic heterocycles. The first-order valence-corrected chi connectivity index (χ1v) is 4.64. The van der Waals surface area contributed by atoms with Crippen molar-refractivity contribution in [3.8, 4) is 6.07 Å². The molecule has 0 saturated heterocycles. The zero-order chi connectivity index (χ0) is 9.19. The second-order valence-corrected chi connectivity index (χ2v) is 4.22. The number of alkyl halides is 1. The van der Waals surface area contributed by atoms with E-state index in [2.05, 4.69) is 6.07 Å². The normalized spacial score (nSPS) is 22.2. The number of nitriles is 1. The van der Waals surface area contributed by atoms with Crippen LogP contribution in [0.3, 0.4) is 0 Å². The summed E-state index contributed by atoms with van der Waals surface area (Å²) >= 11 is 0. The Morgan fingerprint density at radius 2 is 1.92 bits per heavy atom. The van der Waals surface area contributed by atoms with Crippen molar-refractivity contribution in [2.45, 2.75) is 45.2 Å². The number of hydrogen-bond donors (Lipinski definition) is 0. The van der Waals surface area contributed by atoms with Gasteiger partial charge in [-0.25, -0.2) is 4.39 Å². The van der Waals surface area contributed by atoms with Gasteiger partial charge in [-0.15, -0.1) is 0 Å². The molecule has 0 heterocycles. The predicted molar refractivity (Wildman–Crippen MR) is 46.2 cm³/mol. The first-order chi connectivity index (χ1) is 5.55. The van der Waals surface area contributed by atoms with E-state index < -0.39 is 11.6 Å². The SMILES string of the molecule is CC(C)(F)C(C#N)C1CCCC1. The molecule has 0 spiro atoms. The molecule has 0 amide bonds. The van der Waals surface area contributed by atoms with Crippen molar-refractivity contribution in [1.29, 1.82) is 5.26 Å². The lowest BCUT2D eigenvalue weighted by molar-refractivity contribution is 0.118. The maximum Gasteiger partial charge on any atom is 0.121 e. The van der Waals surface area contributed by atoms with Gasteiger partial charge in [-0.2, -0.15) is 5.26 Å². The van der Waals surface area contributed by atoms with Crippen molar-refractivity contribution in [1.82, 2.24) is 0 Å². The van der Waals surface area contributed by atoms with Gasteiger partial charge in [-0.1, -0.05) is 12.8 Å². The fourth-order valence-electron chi connectivity index (χ4n) is 2.11. The third-order valence-corrected chi connectivity index (χ3v) is 2.75. The molecule has 12 heavy (non-hydrogen) atoms. The minimum Gasteiger partial charge on any atom is -0.243 e. The standard InChI is InChI=1S/C10H16FN/c1-10(2,11)9(7-12)8-5-3-4-6-8/h8-9H,3-6H2,1-2H3. The van der Waals surface area contributed by atoms with Crippen LogP contribution in [0.25, 0.3) is 0 Å². The molecule has 1 nitrogen and oxygen atoms in total. The van der Waals surface area contributed by atoms with Gasteiger partial charge in [0.25, 0.3) is 0 Å². The zero-order valence-corrected chi connectivity index (χ0v) is 7.81. The van der Waals surface area contributed by atoms with E-state index in [-0.39, 0.29) is 0 Å². The first-order valence-electron chi connectivity index (χ1n) is 4.64. The van der Waals surface area contributed by atoms with E-state index in [1.165, 1.54) is 26.7 Å². The van der Waals surface area contributed by atoms with Crippen molar-refractivity contribution >= 4 is 0 Å². The molecule has 1 aliphatic carbocycles. The summed E-state index contributed by atoms with van der Waals surface area (Å²) in [7, 11) is 0. The van der Waals surface area contributed by atoms with E-state index in [1.54, 1.807) is 0 Å². The molecular formula is C10H16FN. The minimum absolute atomic E-state index is 0.301. The number of halogens is 1. The van der Waals surface area contributed by atoms with Crippen LogP contribution in [0.4, 0.5) is 4.39 Å². The number of rotatable bonds is 2. The molecule has 0 aromatic carbocycles. The van der Waals surface area contributed by atoms with Crippen LogP contribution >= 0.6 is 0 Å². The highest BCUT2D eigenvalue weighted by Gasteiger charge is 2.37. The Balaban J connectivity index is 2.63. The Hall–Kier alpha value is -0.580. The fraction of sp³-hybridized carbons (Fsp3) is 0.900. The first kappa shape index (κ1) is 9.51. The van der Waals surface area contributed by atoms with Crippen LogP contribution < -0.4 is 0 Å². The van der Waals surface area contributed by atoms with E-state index in [0.717, 1.165) is 12.8 Å². The summed E-state index contributed by atoms with van der Waals surface area (Å²) in [5.74, 6) is -0.102. The van der Waals surface area contributed by atoms with Crippen LogP contribution in [0.2, 0.25) is 0 Å². The van der Waals surface area contributed by atoms with Crippen LogP contribution in [0, 0.1) is 23.2 Å². The maximum absolute atomic E-state index is 13.5. The molecule has 0 aromatic heterocycles.